The second-order valence-corrected chi connectivity index (χ2v) is 15.0. The molecule has 1 amide bonds. The van der Waals surface area contributed by atoms with Crippen LogP contribution < -0.4 is 15.8 Å². The Labute approximate surface area is 315 Å². The van der Waals surface area contributed by atoms with Crippen molar-refractivity contribution in [2.45, 2.75) is 82.6 Å². The van der Waals surface area contributed by atoms with Gasteiger partial charge in [0.25, 0.3) is 0 Å². The number of allylic oxidation sites excluding steroid dienone is 1. The number of ether oxygens (including phenoxy) is 1. The number of amides is 1. The van der Waals surface area contributed by atoms with E-state index in [0.29, 0.717) is 48.6 Å². The molecule has 2 aromatic carbocycles. The number of thioether (sulfide) groups is 1. The minimum atomic E-state index is -4.95. The lowest BCUT2D eigenvalue weighted by Crippen LogP contribution is -2.29. The average molecular weight is 778 g/mol. The van der Waals surface area contributed by atoms with Crippen LogP contribution in [0.3, 0.4) is 0 Å². The van der Waals surface area contributed by atoms with Crippen molar-refractivity contribution in [3.63, 3.8) is 0 Å². The molecule has 4 heterocycles. The highest BCUT2D eigenvalue weighted by molar-refractivity contribution is 8.03. The second-order valence-electron chi connectivity index (χ2n) is 13.9. The fourth-order valence-electron chi connectivity index (χ4n) is 6.96. The van der Waals surface area contributed by atoms with Crippen LogP contribution in [0.1, 0.15) is 64.9 Å². The van der Waals surface area contributed by atoms with Crippen molar-refractivity contribution >= 4 is 34.4 Å². The molecular formula is C38H45F6N7O2S. The highest BCUT2D eigenvalue weighted by Gasteiger charge is 2.42. The van der Waals surface area contributed by atoms with Gasteiger partial charge < -0.3 is 20.7 Å². The summed E-state index contributed by atoms with van der Waals surface area (Å²) in [5.41, 5.74) is 3.11. The average Bonchev–Trinajstić information content (AvgIpc) is 3.49. The number of rotatable bonds is 7. The number of nitriles is 1. The highest BCUT2D eigenvalue weighted by Crippen LogP contribution is 2.44. The molecule has 0 bridgehead atoms. The van der Waals surface area contributed by atoms with Gasteiger partial charge in [-0.3, -0.25) is 9.69 Å². The number of alkyl halides is 4. The van der Waals surface area contributed by atoms with Gasteiger partial charge in [0.15, 0.2) is 5.82 Å². The van der Waals surface area contributed by atoms with E-state index in [9.17, 15) is 26.7 Å². The molecule has 4 atom stereocenters. The summed E-state index contributed by atoms with van der Waals surface area (Å²) in [5.74, 6) is -0.605. The van der Waals surface area contributed by atoms with E-state index in [1.807, 2.05) is 4.90 Å². The van der Waals surface area contributed by atoms with Gasteiger partial charge in [0.05, 0.1) is 34.2 Å². The molecule has 292 valence electrons. The lowest BCUT2D eigenvalue weighted by molar-refractivity contribution is -0.137. The molecule has 4 unspecified atom stereocenters. The second kappa shape index (κ2) is 17.5. The van der Waals surface area contributed by atoms with Crippen LogP contribution in [0.25, 0.3) is 22.0 Å². The number of nitrogens with one attached hydrogen (secondary N) is 1. The smallest absolute Gasteiger partial charge is 0.417 e. The summed E-state index contributed by atoms with van der Waals surface area (Å²) in [6.45, 7) is 9.46. The first-order valence-corrected chi connectivity index (χ1v) is 18.9. The lowest BCUT2D eigenvalue weighted by atomic mass is 9.96. The maximum Gasteiger partial charge on any atom is 0.417 e. The quantitative estimate of drug-likeness (QED) is 0.139. The maximum atomic E-state index is 15.7. The van der Waals surface area contributed by atoms with Crippen LogP contribution in [-0.4, -0.2) is 77.7 Å². The van der Waals surface area contributed by atoms with Gasteiger partial charge in [-0.25, -0.2) is 13.2 Å². The van der Waals surface area contributed by atoms with Crippen LogP contribution in [0, 0.1) is 34.8 Å². The van der Waals surface area contributed by atoms with Crippen molar-refractivity contribution in [1.82, 2.24) is 19.8 Å². The minimum Gasteiger partial charge on any atom is -0.467 e. The van der Waals surface area contributed by atoms with Crippen molar-refractivity contribution < 1.29 is 35.9 Å². The standard InChI is InChI=1S/C22H18F5N5OS.C9H15NO.C7H12FN/c1-4-30-20-12-8-13(22(25,26)27)16(17(24)18(12)31-21(32-20)33-3)11-5-6-14(23)15(7-11)34-19(29)10(2)9-28;1-7-6-8(7)9(11)10-4-2-3-5-10;8-6-4-7-2-1-3-9(7)5-6/h5-8H,4,29H2,1-3H3,(H,30,31,32);7-8H,2-6H2,1H3;6-7H,1-5H2/b19-10+;;. The number of likely N-dealkylation sites (tertiary alicyclic amines) is 1. The van der Waals surface area contributed by atoms with Crippen molar-refractivity contribution in [3.05, 3.63) is 52.1 Å². The number of anilines is 1. The van der Waals surface area contributed by atoms with E-state index in [0.717, 1.165) is 56.7 Å². The molecule has 0 spiro atoms. The number of hydrogen-bond acceptors (Lipinski definition) is 9. The highest BCUT2D eigenvalue weighted by atomic mass is 32.2. The molecule has 1 aliphatic carbocycles. The van der Waals surface area contributed by atoms with E-state index in [4.69, 9.17) is 15.7 Å². The van der Waals surface area contributed by atoms with Crippen molar-refractivity contribution in [2.24, 2.45) is 17.6 Å². The van der Waals surface area contributed by atoms with E-state index in [2.05, 4.69) is 27.1 Å². The Kier molecular flexibility index (Phi) is 13.3. The first-order chi connectivity index (χ1) is 25.7. The SMILES string of the molecule is CC1CC1C(=O)N1CCCC1.CCNc1nc(OC)nc2c(F)c(-c3ccc(F)c(S/C(N)=C(\C)C#N)c3)c(C(F)(F)F)cc12.FC1CC2CCCN2C1. The number of benzene rings is 2. The van der Waals surface area contributed by atoms with Gasteiger partial charge in [-0.15, -0.1) is 0 Å². The molecule has 54 heavy (non-hydrogen) atoms. The summed E-state index contributed by atoms with van der Waals surface area (Å²) in [4.78, 5) is 23.6. The van der Waals surface area contributed by atoms with Crippen LogP contribution in [-0.2, 0) is 11.0 Å². The van der Waals surface area contributed by atoms with E-state index in [1.165, 1.54) is 39.7 Å². The zero-order chi connectivity index (χ0) is 39.3. The molecule has 16 heteroatoms. The van der Waals surface area contributed by atoms with Gasteiger partial charge in [0, 0.05) is 49.1 Å². The van der Waals surface area contributed by atoms with Crippen LogP contribution in [0.2, 0.25) is 0 Å². The molecule has 4 aliphatic rings. The summed E-state index contributed by atoms with van der Waals surface area (Å²) < 4.78 is 89.8. The summed E-state index contributed by atoms with van der Waals surface area (Å²) in [7, 11) is 1.24. The van der Waals surface area contributed by atoms with E-state index in [1.54, 1.807) is 13.0 Å². The van der Waals surface area contributed by atoms with Crippen molar-refractivity contribution in [3.8, 4) is 23.2 Å². The number of fused-ring (bicyclic) bond motifs is 2. The van der Waals surface area contributed by atoms with Gasteiger partial charge in [-0.05, 0) is 88.6 Å². The Bertz CT molecular complexity index is 1900. The van der Waals surface area contributed by atoms with Crippen LogP contribution in [0.5, 0.6) is 6.01 Å². The van der Waals surface area contributed by atoms with Gasteiger partial charge in [-0.2, -0.15) is 28.4 Å². The van der Waals surface area contributed by atoms with E-state index >= 15 is 4.39 Å². The molecule has 3 aromatic rings. The first-order valence-electron chi connectivity index (χ1n) is 18.1. The number of methoxy groups -OCH3 is 1. The zero-order valence-electron chi connectivity index (χ0n) is 30.7. The normalized spacial score (nSPS) is 22.4. The Morgan fingerprint density at radius 2 is 1.83 bits per heavy atom. The minimum absolute atomic E-state index is 0.0273. The number of aromatic nitrogens is 2. The molecular weight excluding hydrogens is 733 g/mol. The lowest BCUT2D eigenvalue weighted by Gasteiger charge is -2.18. The van der Waals surface area contributed by atoms with E-state index < -0.39 is 40.6 Å². The Balaban J connectivity index is 0.000000222. The third kappa shape index (κ3) is 9.52. The molecule has 3 N–H and O–H groups in total. The number of nitrogens with zero attached hydrogens (tertiary/aromatic N) is 5. The van der Waals surface area contributed by atoms with Crippen LogP contribution in [0.15, 0.2) is 39.8 Å². The molecule has 7 rings (SSSR count). The molecule has 1 aromatic heterocycles. The number of nitrogens with two attached hydrogens (primary N) is 1. The number of halogens is 6. The number of carbonyl (C=O) groups is 1. The number of carbonyl (C=O) groups excluding carboxylic acids is 1. The molecule has 3 aliphatic heterocycles. The van der Waals surface area contributed by atoms with Gasteiger partial charge in [0.2, 0.25) is 5.91 Å². The molecule has 1 saturated carbocycles. The topological polar surface area (TPSA) is 120 Å². The Hall–Kier alpha value is -4.23. The maximum absolute atomic E-state index is 15.7. The molecule has 3 saturated heterocycles. The molecule has 9 nitrogen and oxygen atoms in total. The summed E-state index contributed by atoms with van der Waals surface area (Å²) in [6.07, 6.45) is 1.42. The monoisotopic (exact) mass is 777 g/mol. The predicted molar refractivity (Wildman–Crippen MR) is 196 cm³/mol. The summed E-state index contributed by atoms with van der Waals surface area (Å²) >= 11 is 0.650. The number of hydrogen-bond donors (Lipinski definition) is 2. The zero-order valence-corrected chi connectivity index (χ0v) is 31.5. The van der Waals surface area contributed by atoms with Crippen molar-refractivity contribution in [1.29, 1.82) is 5.26 Å². The fourth-order valence-corrected chi connectivity index (χ4v) is 7.74. The third-order valence-electron chi connectivity index (χ3n) is 10.0. The summed E-state index contributed by atoms with van der Waals surface area (Å²) in [5, 5.41) is 11.5. The molecule has 4 fully saturated rings. The van der Waals surface area contributed by atoms with Crippen LogP contribution >= 0.6 is 11.8 Å². The Morgan fingerprint density at radius 1 is 1.13 bits per heavy atom. The largest absolute Gasteiger partial charge is 0.467 e. The first kappa shape index (κ1) is 40.9. The predicted octanol–water partition coefficient (Wildman–Crippen LogP) is 8.30. The van der Waals surface area contributed by atoms with Crippen molar-refractivity contribution in [2.75, 3.05) is 45.2 Å². The van der Waals surface area contributed by atoms with Gasteiger partial charge >= 0.3 is 12.2 Å². The summed E-state index contributed by atoms with van der Waals surface area (Å²) in [6, 6.07) is 5.89. The van der Waals surface area contributed by atoms with Gasteiger partial charge in [0.1, 0.15) is 23.3 Å². The fraction of sp³-hybridized carbons (Fsp3) is 0.526. The third-order valence-corrected chi connectivity index (χ3v) is 11.1. The Morgan fingerprint density at radius 3 is 2.43 bits per heavy atom. The molecule has 0 radical (unpaired) electrons. The van der Waals surface area contributed by atoms with E-state index in [-0.39, 0.29) is 38.3 Å². The van der Waals surface area contributed by atoms with Gasteiger partial charge in [-0.1, -0.05) is 24.8 Å². The van der Waals surface area contributed by atoms with Crippen LogP contribution in [0.4, 0.5) is 32.2 Å².